The summed E-state index contributed by atoms with van der Waals surface area (Å²) in [7, 11) is 1.37. The van der Waals surface area contributed by atoms with E-state index in [-0.39, 0.29) is 54.9 Å². The highest BCUT2D eigenvalue weighted by molar-refractivity contribution is 6.44. The number of hydrogen-bond donors (Lipinski definition) is 2. The third kappa shape index (κ3) is 5.36. The van der Waals surface area contributed by atoms with Crippen LogP contribution in [0.2, 0.25) is 15.1 Å². The molecule has 0 atom stereocenters. The molecule has 3 aromatic carbocycles. The number of amidine groups is 1. The highest BCUT2D eigenvalue weighted by Crippen LogP contribution is 2.39. The third-order valence-corrected chi connectivity index (χ3v) is 5.93. The van der Waals surface area contributed by atoms with Gasteiger partial charge in [-0.15, -0.1) is 5.10 Å². The number of non-ortho nitro benzene ring substituents is 1. The van der Waals surface area contributed by atoms with Gasteiger partial charge in [0.15, 0.2) is 17.3 Å². The van der Waals surface area contributed by atoms with E-state index in [0.29, 0.717) is 5.56 Å². The van der Waals surface area contributed by atoms with Gasteiger partial charge in [-0.05, 0) is 42.0 Å². The molecule has 4 rings (SSSR count). The van der Waals surface area contributed by atoms with Crippen molar-refractivity contribution in [1.29, 1.82) is 0 Å². The SMILES string of the molecule is COc1cc(C=C2C(=O)N(c3c(Cl)cc(Cl)cc3Cl)N=C2NC(=O)c2cccc([N+](=O)[O-])c2)ccc1O. The van der Waals surface area contributed by atoms with E-state index in [1.807, 2.05) is 0 Å². The molecule has 0 unspecified atom stereocenters. The van der Waals surface area contributed by atoms with Gasteiger partial charge in [0, 0.05) is 22.7 Å². The third-order valence-electron chi connectivity index (χ3n) is 5.14. The van der Waals surface area contributed by atoms with Crippen LogP contribution >= 0.6 is 34.8 Å². The van der Waals surface area contributed by atoms with Gasteiger partial charge in [-0.3, -0.25) is 19.7 Å². The van der Waals surface area contributed by atoms with E-state index in [1.165, 1.54) is 61.7 Å². The maximum atomic E-state index is 13.5. The first-order valence-corrected chi connectivity index (χ1v) is 11.4. The second-order valence-corrected chi connectivity index (χ2v) is 8.79. The zero-order valence-corrected chi connectivity index (χ0v) is 21.0. The zero-order valence-electron chi connectivity index (χ0n) is 18.7. The number of nitrogens with zero attached hydrogens (tertiary/aromatic N) is 3. The summed E-state index contributed by atoms with van der Waals surface area (Å²) in [4.78, 5) is 36.9. The van der Waals surface area contributed by atoms with Gasteiger partial charge < -0.3 is 15.2 Å². The summed E-state index contributed by atoms with van der Waals surface area (Å²) in [5, 5.41) is 29.0. The van der Waals surface area contributed by atoms with Gasteiger partial charge in [0.25, 0.3) is 17.5 Å². The number of carbonyl (C=O) groups excluding carboxylic acids is 2. The summed E-state index contributed by atoms with van der Waals surface area (Å²) in [6.07, 6.45) is 1.41. The Morgan fingerprint density at radius 2 is 1.84 bits per heavy atom. The van der Waals surface area contributed by atoms with Crippen LogP contribution in [0.3, 0.4) is 0 Å². The molecule has 13 heteroatoms. The summed E-state index contributed by atoms with van der Waals surface area (Å²) >= 11 is 18.6. The number of aromatic hydroxyl groups is 1. The van der Waals surface area contributed by atoms with E-state index >= 15 is 0 Å². The Morgan fingerprint density at radius 3 is 2.49 bits per heavy atom. The molecular formula is C24H15Cl3N4O6. The number of phenols is 1. The van der Waals surface area contributed by atoms with Crippen molar-refractivity contribution in [2.45, 2.75) is 0 Å². The number of carbonyl (C=O) groups is 2. The first kappa shape index (κ1) is 26.0. The lowest BCUT2D eigenvalue weighted by atomic mass is 10.1. The van der Waals surface area contributed by atoms with Crippen LogP contribution in [0.1, 0.15) is 15.9 Å². The quantitative estimate of drug-likeness (QED) is 0.242. The van der Waals surface area contributed by atoms with Crippen molar-refractivity contribution in [3.8, 4) is 11.5 Å². The Labute approximate surface area is 224 Å². The smallest absolute Gasteiger partial charge is 0.282 e. The lowest BCUT2D eigenvalue weighted by Gasteiger charge is -2.15. The fourth-order valence-electron chi connectivity index (χ4n) is 3.42. The van der Waals surface area contributed by atoms with E-state index in [0.717, 1.165) is 11.1 Å². The van der Waals surface area contributed by atoms with E-state index in [1.54, 1.807) is 0 Å². The minimum Gasteiger partial charge on any atom is -0.504 e. The Morgan fingerprint density at radius 1 is 1.14 bits per heavy atom. The van der Waals surface area contributed by atoms with Gasteiger partial charge in [-0.1, -0.05) is 46.9 Å². The number of rotatable bonds is 5. The van der Waals surface area contributed by atoms with Crippen molar-refractivity contribution in [3.05, 3.63) is 96.5 Å². The molecule has 10 nitrogen and oxygen atoms in total. The molecular weight excluding hydrogens is 547 g/mol. The molecule has 1 heterocycles. The van der Waals surface area contributed by atoms with Crippen LogP contribution in [-0.2, 0) is 4.79 Å². The number of nitro benzene ring substituents is 1. The molecule has 0 aromatic heterocycles. The fourth-order valence-corrected chi connectivity index (χ4v) is 4.39. The molecule has 0 saturated heterocycles. The second kappa shape index (κ2) is 10.5. The number of methoxy groups -OCH3 is 1. The largest absolute Gasteiger partial charge is 0.504 e. The van der Waals surface area contributed by atoms with Crippen LogP contribution in [0.25, 0.3) is 6.08 Å². The topological polar surface area (TPSA) is 134 Å². The molecule has 0 aliphatic carbocycles. The zero-order chi connectivity index (χ0) is 26.9. The Balaban J connectivity index is 1.79. The molecule has 3 aromatic rings. The molecule has 1 aliphatic rings. The number of halogens is 3. The monoisotopic (exact) mass is 560 g/mol. The molecule has 0 fully saturated rings. The standard InChI is InChI=1S/C24H15Cl3N4O6/c1-37-20-8-12(5-6-19(20)32)7-16-22(28-23(33)13-3-2-4-15(9-13)31(35)36)29-30(24(16)34)21-17(26)10-14(25)11-18(21)27/h2-11,32H,1H3,(H,28,29,33). The summed E-state index contributed by atoms with van der Waals surface area (Å²) in [5.41, 5.74) is 0.0898. The second-order valence-electron chi connectivity index (χ2n) is 7.53. The predicted octanol–water partition coefficient (Wildman–Crippen LogP) is 5.44. The molecule has 1 aliphatic heterocycles. The molecule has 0 saturated carbocycles. The van der Waals surface area contributed by atoms with Crippen LogP contribution < -0.4 is 15.1 Å². The highest BCUT2D eigenvalue weighted by atomic mass is 35.5. The lowest BCUT2D eigenvalue weighted by molar-refractivity contribution is -0.384. The highest BCUT2D eigenvalue weighted by Gasteiger charge is 2.35. The number of hydrazone groups is 1. The Bertz CT molecular complexity index is 1500. The van der Waals surface area contributed by atoms with Crippen LogP contribution in [-0.4, -0.2) is 34.8 Å². The number of hydrogen-bond acceptors (Lipinski definition) is 7. The summed E-state index contributed by atoms with van der Waals surface area (Å²) < 4.78 is 5.11. The fraction of sp³-hybridized carbons (Fsp3) is 0.0417. The van der Waals surface area contributed by atoms with E-state index < -0.39 is 16.7 Å². The number of nitrogens with one attached hydrogen (secondary N) is 1. The average molecular weight is 562 g/mol. The Hall–Kier alpha value is -4.12. The van der Waals surface area contributed by atoms with Crippen molar-refractivity contribution in [1.82, 2.24) is 5.32 Å². The average Bonchev–Trinajstić information content (AvgIpc) is 3.14. The van der Waals surface area contributed by atoms with Gasteiger partial charge in [0.05, 0.1) is 27.7 Å². The number of anilines is 1. The maximum Gasteiger partial charge on any atom is 0.282 e. The lowest BCUT2D eigenvalue weighted by Crippen LogP contribution is -2.31. The number of phenolic OH excluding ortho intramolecular Hbond substituents is 1. The molecule has 2 N–H and O–H groups in total. The van der Waals surface area contributed by atoms with Gasteiger partial charge in [0.1, 0.15) is 5.69 Å². The first-order chi connectivity index (χ1) is 17.6. The number of ether oxygens (including phenoxy) is 1. The van der Waals surface area contributed by atoms with Crippen molar-refractivity contribution >= 4 is 69.9 Å². The summed E-state index contributed by atoms with van der Waals surface area (Å²) in [5.74, 6) is -1.57. The molecule has 2 amide bonds. The summed E-state index contributed by atoms with van der Waals surface area (Å²) in [6, 6.07) is 12.2. The van der Waals surface area contributed by atoms with Crippen molar-refractivity contribution in [3.63, 3.8) is 0 Å². The number of nitro groups is 1. The molecule has 0 bridgehead atoms. The summed E-state index contributed by atoms with van der Waals surface area (Å²) in [6.45, 7) is 0. The van der Waals surface area contributed by atoms with E-state index in [2.05, 4.69) is 10.4 Å². The van der Waals surface area contributed by atoms with Crippen LogP contribution in [0.15, 0.2) is 65.3 Å². The number of benzene rings is 3. The van der Waals surface area contributed by atoms with Gasteiger partial charge in [-0.2, -0.15) is 5.01 Å². The minimum absolute atomic E-state index is 0.0315. The van der Waals surface area contributed by atoms with Crippen molar-refractivity contribution in [2.24, 2.45) is 5.10 Å². The normalized spacial score (nSPS) is 14.1. The van der Waals surface area contributed by atoms with E-state index in [9.17, 15) is 24.8 Å². The molecule has 37 heavy (non-hydrogen) atoms. The maximum absolute atomic E-state index is 13.5. The molecule has 0 radical (unpaired) electrons. The predicted molar refractivity (Wildman–Crippen MR) is 140 cm³/mol. The van der Waals surface area contributed by atoms with Gasteiger partial charge in [-0.25, -0.2) is 0 Å². The molecule has 0 spiro atoms. The van der Waals surface area contributed by atoms with E-state index in [4.69, 9.17) is 39.5 Å². The van der Waals surface area contributed by atoms with Gasteiger partial charge in [0.2, 0.25) is 0 Å². The van der Waals surface area contributed by atoms with Crippen LogP contribution in [0.4, 0.5) is 11.4 Å². The Kier molecular flexibility index (Phi) is 7.35. The van der Waals surface area contributed by atoms with Crippen LogP contribution in [0.5, 0.6) is 11.5 Å². The van der Waals surface area contributed by atoms with Gasteiger partial charge >= 0.3 is 0 Å². The minimum atomic E-state index is -0.750. The first-order valence-electron chi connectivity index (χ1n) is 10.3. The van der Waals surface area contributed by atoms with Crippen LogP contribution in [0, 0.1) is 10.1 Å². The van der Waals surface area contributed by atoms with Crippen molar-refractivity contribution < 1.29 is 24.4 Å². The number of amides is 2. The molecule has 188 valence electrons. The van der Waals surface area contributed by atoms with Crippen molar-refractivity contribution in [2.75, 3.05) is 12.1 Å².